The van der Waals surface area contributed by atoms with E-state index < -0.39 is 0 Å². The molecule has 56 valence electrons. The van der Waals surface area contributed by atoms with Gasteiger partial charge in [0.15, 0.2) is 0 Å². The summed E-state index contributed by atoms with van der Waals surface area (Å²) < 4.78 is 13.9. The van der Waals surface area contributed by atoms with Crippen molar-refractivity contribution < 1.29 is 4.48 Å². The lowest BCUT2D eigenvalue weighted by Crippen LogP contribution is -2.09. The predicted octanol–water partition coefficient (Wildman–Crippen LogP) is 0.736. The van der Waals surface area contributed by atoms with E-state index in [0.29, 0.717) is 5.12 Å². The molecular weight excluding hydrogens is 133 g/mol. The van der Waals surface area contributed by atoms with Crippen LogP contribution >= 0.6 is 0 Å². The molecule has 4 heteroatoms. The molecule has 0 saturated heterocycles. The third kappa shape index (κ3) is 1.54. The molecule has 0 unspecified atom stereocenters. The second kappa shape index (κ2) is 2.79. The fraction of sp³-hybridized carbons (Fsp3) is 0.500. The van der Waals surface area contributed by atoms with Crippen LogP contribution in [0.25, 0.3) is 0 Å². The summed E-state index contributed by atoms with van der Waals surface area (Å²) in [6.07, 6.45) is 1.65. The van der Waals surface area contributed by atoms with Crippen LogP contribution < -0.4 is 0 Å². The van der Waals surface area contributed by atoms with E-state index in [1.807, 2.05) is 0 Å². The Balaban J connectivity index is 2.65. The van der Waals surface area contributed by atoms with Gasteiger partial charge in [-0.05, 0) is 6.07 Å². The lowest BCUT2D eigenvalue weighted by Gasteiger charge is -2.03. The van der Waals surface area contributed by atoms with E-state index >= 15 is 0 Å². The Morgan fingerprint density at radius 1 is 1.80 bits per heavy atom. The van der Waals surface area contributed by atoms with E-state index in [9.17, 15) is 4.48 Å². The van der Waals surface area contributed by atoms with Crippen molar-refractivity contribution in [2.75, 3.05) is 7.05 Å². The maximum Gasteiger partial charge on any atom is 0.0707 e. The molecule has 0 bridgehead atoms. The molecule has 0 N–H and O–H groups in total. The number of aryl methyl sites for hydroxylation is 1. The van der Waals surface area contributed by atoms with Crippen molar-refractivity contribution in [2.45, 2.75) is 6.54 Å². The summed E-state index contributed by atoms with van der Waals surface area (Å²) in [6.45, 7) is 0.288. The fourth-order valence-corrected chi connectivity index (χ4v) is 0.780. The summed E-state index contributed by atoms with van der Waals surface area (Å²) >= 11 is 0. The molecule has 0 amide bonds. The Labute approximate surface area is 59.0 Å². The quantitative estimate of drug-likeness (QED) is 0.569. The zero-order chi connectivity index (χ0) is 7.56. The maximum absolute atomic E-state index is 12.2. The highest BCUT2D eigenvalue weighted by molar-refractivity contribution is 4.98. The third-order valence-corrected chi connectivity index (χ3v) is 1.30. The van der Waals surface area contributed by atoms with Gasteiger partial charge in [-0.3, -0.25) is 4.68 Å². The molecule has 0 fully saturated rings. The molecule has 1 rings (SSSR count). The molecule has 0 aliphatic heterocycles. The van der Waals surface area contributed by atoms with Crippen molar-refractivity contribution in [3.05, 3.63) is 18.0 Å². The molecule has 10 heavy (non-hydrogen) atoms. The van der Waals surface area contributed by atoms with Gasteiger partial charge in [0, 0.05) is 20.3 Å². The van der Waals surface area contributed by atoms with Gasteiger partial charge in [0.25, 0.3) is 0 Å². The molecule has 0 aliphatic carbocycles. The monoisotopic (exact) mass is 143 g/mol. The van der Waals surface area contributed by atoms with Crippen LogP contribution in [-0.4, -0.2) is 22.0 Å². The van der Waals surface area contributed by atoms with Crippen LogP contribution in [0, 0.1) is 0 Å². The van der Waals surface area contributed by atoms with Crippen LogP contribution in [0.15, 0.2) is 12.3 Å². The smallest absolute Gasteiger partial charge is 0.0707 e. The molecular formula is C6H10FN3. The van der Waals surface area contributed by atoms with Gasteiger partial charge in [-0.2, -0.15) is 5.10 Å². The first kappa shape index (κ1) is 7.21. The lowest BCUT2D eigenvalue weighted by molar-refractivity contribution is 0.0478. The van der Waals surface area contributed by atoms with Crippen molar-refractivity contribution >= 4 is 0 Å². The molecule has 3 nitrogen and oxygen atoms in total. The van der Waals surface area contributed by atoms with Gasteiger partial charge in [0.1, 0.15) is 0 Å². The molecule has 0 radical (unpaired) electrons. The SMILES string of the molecule is CN(F)Cc1ccnn1C. The highest BCUT2D eigenvalue weighted by Gasteiger charge is 2.00. The fourth-order valence-electron chi connectivity index (χ4n) is 0.780. The van der Waals surface area contributed by atoms with E-state index in [0.717, 1.165) is 5.69 Å². The minimum atomic E-state index is 0.288. The van der Waals surface area contributed by atoms with Crippen LogP contribution in [0.1, 0.15) is 5.69 Å². The topological polar surface area (TPSA) is 21.1 Å². The third-order valence-electron chi connectivity index (χ3n) is 1.30. The van der Waals surface area contributed by atoms with Crippen LogP contribution in [-0.2, 0) is 13.6 Å². The van der Waals surface area contributed by atoms with Crippen LogP contribution in [0.3, 0.4) is 0 Å². The minimum absolute atomic E-state index is 0.288. The summed E-state index contributed by atoms with van der Waals surface area (Å²) in [5, 5.41) is 4.52. The molecule has 1 aromatic rings. The Morgan fingerprint density at radius 2 is 2.50 bits per heavy atom. The average Bonchev–Trinajstić information content (AvgIpc) is 2.15. The van der Waals surface area contributed by atoms with Gasteiger partial charge in [0.05, 0.1) is 12.2 Å². The second-order valence-electron chi connectivity index (χ2n) is 2.21. The van der Waals surface area contributed by atoms with Crippen LogP contribution in [0.2, 0.25) is 0 Å². The lowest BCUT2D eigenvalue weighted by atomic mass is 10.4. The number of hydrogen-bond acceptors (Lipinski definition) is 2. The van der Waals surface area contributed by atoms with Gasteiger partial charge in [0.2, 0.25) is 0 Å². The summed E-state index contributed by atoms with van der Waals surface area (Å²) in [6, 6.07) is 1.79. The van der Waals surface area contributed by atoms with Gasteiger partial charge in [-0.1, -0.05) is 0 Å². The standard InChI is InChI=1S/C6H10FN3/c1-9(7)5-6-3-4-8-10(6)2/h3-4H,5H2,1-2H3. The largest absolute Gasteiger partial charge is 0.271 e. The first-order valence-electron chi connectivity index (χ1n) is 3.04. The number of halogens is 1. The molecule has 1 heterocycles. The van der Waals surface area contributed by atoms with Gasteiger partial charge in [-0.25, -0.2) is 0 Å². The van der Waals surface area contributed by atoms with E-state index in [4.69, 9.17) is 0 Å². The van der Waals surface area contributed by atoms with Crippen LogP contribution in [0.5, 0.6) is 0 Å². The van der Waals surface area contributed by atoms with E-state index in [1.165, 1.54) is 7.05 Å². The van der Waals surface area contributed by atoms with Crippen molar-refractivity contribution in [3.63, 3.8) is 0 Å². The van der Waals surface area contributed by atoms with Crippen molar-refractivity contribution in [1.82, 2.24) is 14.9 Å². The van der Waals surface area contributed by atoms with Gasteiger partial charge < -0.3 is 0 Å². The minimum Gasteiger partial charge on any atom is -0.271 e. The molecule has 0 aliphatic rings. The number of rotatable bonds is 2. The maximum atomic E-state index is 12.2. The molecule has 0 aromatic carbocycles. The highest BCUT2D eigenvalue weighted by Crippen LogP contribution is 1.99. The van der Waals surface area contributed by atoms with Crippen molar-refractivity contribution in [3.8, 4) is 0 Å². The van der Waals surface area contributed by atoms with Crippen molar-refractivity contribution in [1.29, 1.82) is 0 Å². The average molecular weight is 143 g/mol. The van der Waals surface area contributed by atoms with E-state index in [1.54, 1.807) is 24.0 Å². The Hall–Kier alpha value is -0.900. The summed E-state index contributed by atoms with van der Waals surface area (Å²) in [5.41, 5.74) is 0.866. The number of aromatic nitrogens is 2. The Kier molecular flexibility index (Phi) is 2.01. The molecule has 0 atom stereocenters. The number of hydrogen-bond donors (Lipinski definition) is 0. The Morgan fingerprint density at radius 3 is 2.90 bits per heavy atom. The van der Waals surface area contributed by atoms with Crippen molar-refractivity contribution in [2.24, 2.45) is 7.05 Å². The summed E-state index contributed by atoms with van der Waals surface area (Å²) in [4.78, 5) is 0. The van der Waals surface area contributed by atoms with Crippen LogP contribution in [0.4, 0.5) is 4.48 Å². The first-order valence-corrected chi connectivity index (χ1v) is 3.04. The molecule has 1 aromatic heterocycles. The van der Waals surface area contributed by atoms with E-state index in [-0.39, 0.29) is 6.54 Å². The Bertz CT molecular complexity index is 207. The zero-order valence-corrected chi connectivity index (χ0v) is 6.08. The summed E-state index contributed by atoms with van der Waals surface area (Å²) in [7, 11) is 3.17. The zero-order valence-electron chi connectivity index (χ0n) is 6.08. The molecule has 0 saturated carbocycles. The predicted molar refractivity (Wildman–Crippen MR) is 35.8 cm³/mol. The van der Waals surface area contributed by atoms with E-state index in [2.05, 4.69) is 5.10 Å². The molecule has 0 spiro atoms. The first-order chi connectivity index (χ1) is 4.70. The van der Waals surface area contributed by atoms with Gasteiger partial charge in [-0.15, -0.1) is 9.60 Å². The highest BCUT2D eigenvalue weighted by atomic mass is 19.2. The normalized spacial score (nSPS) is 10.8. The van der Waals surface area contributed by atoms with Gasteiger partial charge >= 0.3 is 0 Å². The summed E-state index contributed by atoms with van der Waals surface area (Å²) in [5.74, 6) is 0. The number of nitrogens with zero attached hydrogens (tertiary/aromatic N) is 3. The second-order valence-corrected chi connectivity index (χ2v) is 2.21.